The predicted molar refractivity (Wildman–Crippen MR) is 103 cm³/mol. The van der Waals surface area contributed by atoms with Crippen molar-refractivity contribution in [2.45, 2.75) is 51.8 Å². The lowest BCUT2D eigenvalue weighted by atomic mass is 10.0. The highest BCUT2D eigenvalue weighted by Crippen LogP contribution is 2.23. The fourth-order valence-electron chi connectivity index (χ4n) is 2.86. The zero-order chi connectivity index (χ0) is 17.7. The Kier molecular flexibility index (Phi) is 6.74. The van der Waals surface area contributed by atoms with Gasteiger partial charge in [-0.25, -0.2) is 4.79 Å². The molecule has 1 aromatic rings. The first kappa shape index (κ1) is 19.3. The minimum atomic E-state index is -0.460. The average molecular weight is 446 g/mol. The first-order valence-electron chi connectivity index (χ1n) is 8.31. The molecule has 1 aliphatic heterocycles. The first-order chi connectivity index (χ1) is 11.3. The van der Waals surface area contributed by atoms with E-state index in [1.165, 1.54) is 5.56 Å². The summed E-state index contributed by atoms with van der Waals surface area (Å²) >= 11 is 2.30. The van der Waals surface area contributed by atoms with Crippen LogP contribution in [-0.4, -0.2) is 42.8 Å². The monoisotopic (exact) mass is 446 g/mol. The van der Waals surface area contributed by atoms with E-state index < -0.39 is 5.60 Å². The maximum absolute atomic E-state index is 11.9. The van der Waals surface area contributed by atoms with Crippen molar-refractivity contribution in [3.8, 4) is 5.75 Å². The van der Waals surface area contributed by atoms with Gasteiger partial charge < -0.3 is 14.8 Å². The second-order valence-electron chi connectivity index (χ2n) is 7.19. The van der Waals surface area contributed by atoms with E-state index in [9.17, 15) is 4.79 Å². The standard InChI is InChI=1S/C18H27IN2O3/c1-18(2,3)24-17(22)20-14-6-5-9-21(12-14)11-13-7-8-16(23-4)15(19)10-13/h7-8,10,14H,5-6,9,11-12H2,1-4H3,(H,20,22). The molecule has 1 atom stereocenters. The minimum Gasteiger partial charge on any atom is -0.496 e. The van der Waals surface area contributed by atoms with Gasteiger partial charge in [-0.3, -0.25) is 4.90 Å². The van der Waals surface area contributed by atoms with Crippen molar-refractivity contribution >= 4 is 28.7 Å². The van der Waals surface area contributed by atoms with E-state index >= 15 is 0 Å². The Morgan fingerprint density at radius 1 is 1.42 bits per heavy atom. The molecule has 1 fully saturated rings. The van der Waals surface area contributed by atoms with Crippen LogP contribution in [0, 0.1) is 3.57 Å². The number of hydrogen-bond acceptors (Lipinski definition) is 4. The number of methoxy groups -OCH3 is 1. The Labute approximate surface area is 158 Å². The highest BCUT2D eigenvalue weighted by molar-refractivity contribution is 14.1. The summed E-state index contributed by atoms with van der Waals surface area (Å²) in [7, 11) is 1.69. The van der Waals surface area contributed by atoms with Crippen molar-refractivity contribution in [3.05, 3.63) is 27.3 Å². The third-order valence-electron chi connectivity index (χ3n) is 3.85. The van der Waals surface area contributed by atoms with Gasteiger partial charge in [-0.15, -0.1) is 0 Å². The lowest BCUT2D eigenvalue weighted by Crippen LogP contribution is -2.48. The normalized spacial score (nSPS) is 19.0. The van der Waals surface area contributed by atoms with Crippen LogP contribution in [0.4, 0.5) is 4.79 Å². The number of benzene rings is 1. The van der Waals surface area contributed by atoms with Crippen molar-refractivity contribution < 1.29 is 14.3 Å². The van der Waals surface area contributed by atoms with Gasteiger partial charge >= 0.3 is 6.09 Å². The molecule has 5 nitrogen and oxygen atoms in total. The van der Waals surface area contributed by atoms with Crippen LogP contribution in [-0.2, 0) is 11.3 Å². The van der Waals surface area contributed by atoms with Gasteiger partial charge in [0, 0.05) is 19.1 Å². The number of carbonyl (C=O) groups is 1. The molecule has 0 saturated carbocycles. The molecule has 24 heavy (non-hydrogen) atoms. The Hall–Kier alpha value is -1.02. The third kappa shape index (κ3) is 6.12. The molecule has 0 bridgehead atoms. The summed E-state index contributed by atoms with van der Waals surface area (Å²) < 4.78 is 11.8. The molecule has 134 valence electrons. The fourth-order valence-corrected chi connectivity index (χ4v) is 3.66. The topological polar surface area (TPSA) is 50.8 Å². The maximum Gasteiger partial charge on any atom is 0.407 e. The van der Waals surface area contributed by atoms with Crippen LogP contribution >= 0.6 is 22.6 Å². The third-order valence-corrected chi connectivity index (χ3v) is 4.69. The van der Waals surface area contributed by atoms with E-state index in [1.54, 1.807) is 7.11 Å². The number of likely N-dealkylation sites (tertiary alicyclic amines) is 1. The van der Waals surface area contributed by atoms with Crippen LogP contribution in [0.25, 0.3) is 0 Å². The molecule has 0 spiro atoms. The quantitative estimate of drug-likeness (QED) is 0.716. The van der Waals surface area contributed by atoms with Crippen LogP contribution in [0.1, 0.15) is 39.2 Å². The Balaban J connectivity index is 1.89. The lowest BCUT2D eigenvalue weighted by Gasteiger charge is -2.33. The van der Waals surface area contributed by atoms with E-state index in [0.29, 0.717) is 0 Å². The number of nitrogens with one attached hydrogen (secondary N) is 1. The molecule has 1 heterocycles. The fraction of sp³-hybridized carbons (Fsp3) is 0.611. The van der Waals surface area contributed by atoms with Crippen molar-refractivity contribution in [3.63, 3.8) is 0 Å². The summed E-state index contributed by atoms with van der Waals surface area (Å²) in [5.74, 6) is 0.905. The highest BCUT2D eigenvalue weighted by atomic mass is 127. The molecular formula is C18H27IN2O3. The van der Waals surface area contributed by atoms with Crippen molar-refractivity contribution in [1.29, 1.82) is 0 Å². The molecule has 1 saturated heterocycles. The summed E-state index contributed by atoms with van der Waals surface area (Å²) in [4.78, 5) is 14.3. The van der Waals surface area contributed by atoms with Gasteiger partial charge in [0.25, 0.3) is 0 Å². The van der Waals surface area contributed by atoms with Crippen molar-refractivity contribution in [2.24, 2.45) is 0 Å². The minimum absolute atomic E-state index is 0.144. The van der Waals surface area contributed by atoms with Gasteiger partial charge in [0.2, 0.25) is 0 Å². The number of carbonyl (C=O) groups excluding carboxylic acids is 1. The smallest absolute Gasteiger partial charge is 0.407 e. The summed E-state index contributed by atoms with van der Waals surface area (Å²) in [5, 5.41) is 3.00. The largest absolute Gasteiger partial charge is 0.496 e. The number of rotatable bonds is 4. The molecule has 2 rings (SSSR count). The Bertz CT molecular complexity index is 572. The molecule has 1 aliphatic rings. The highest BCUT2D eigenvalue weighted by Gasteiger charge is 2.24. The molecular weight excluding hydrogens is 419 g/mol. The van der Waals surface area contributed by atoms with Crippen LogP contribution in [0.15, 0.2) is 18.2 Å². The average Bonchev–Trinajstić information content (AvgIpc) is 2.45. The zero-order valence-electron chi connectivity index (χ0n) is 14.9. The van der Waals surface area contributed by atoms with E-state index in [2.05, 4.69) is 44.9 Å². The SMILES string of the molecule is COc1ccc(CN2CCCC(NC(=O)OC(C)(C)C)C2)cc1I. The van der Waals surface area contributed by atoms with Crippen LogP contribution < -0.4 is 10.1 Å². The summed E-state index contributed by atoms with van der Waals surface area (Å²) in [6.45, 7) is 8.42. The van der Waals surface area contributed by atoms with Crippen LogP contribution in [0.3, 0.4) is 0 Å². The van der Waals surface area contributed by atoms with Crippen molar-refractivity contribution in [2.75, 3.05) is 20.2 Å². The van der Waals surface area contributed by atoms with E-state index in [-0.39, 0.29) is 12.1 Å². The molecule has 0 aromatic heterocycles. The number of alkyl carbamates (subject to hydrolysis) is 1. The van der Waals surface area contributed by atoms with Gasteiger partial charge in [0.1, 0.15) is 11.4 Å². The molecule has 0 aliphatic carbocycles. The number of halogens is 1. The molecule has 0 radical (unpaired) electrons. The second kappa shape index (κ2) is 8.38. The number of piperidine rings is 1. The van der Waals surface area contributed by atoms with Gasteiger partial charge in [-0.05, 0) is 80.4 Å². The zero-order valence-corrected chi connectivity index (χ0v) is 17.1. The molecule has 1 unspecified atom stereocenters. The lowest BCUT2D eigenvalue weighted by molar-refractivity contribution is 0.0470. The van der Waals surface area contributed by atoms with Gasteiger partial charge in [-0.2, -0.15) is 0 Å². The van der Waals surface area contributed by atoms with Crippen LogP contribution in [0.2, 0.25) is 0 Å². The van der Waals surface area contributed by atoms with E-state index in [4.69, 9.17) is 9.47 Å². The van der Waals surface area contributed by atoms with Gasteiger partial charge in [-0.1, -0.05) is 6.07 Å². The maximum atomic E-state index is 11.9. The molecule has 1 N–H and O–H groups in total. The predicted octanol–water partition coefficient (Wildman–Crippen LogP) is 3.79. The Morgan fingerprint density at radius 2 is 2.17 bits per heavy atom. The number of ether oxygens (including phenoxy) is 2. The van der Waals surface area contributed by atoms with Crippen LogP contribution in [0.5, 0.6) is 5.75 Å². The van der Waals surface area contributed by atoms with Gasteiger partial charge in [0.05, 0.1) is 10.7 Å². The van der Waals surface area contributed by atoms with E-state index in [0.717, 1.165) is 41.8 Å². The summed E-state index contributed by atoms with van der Waals surface area (Å²) in [6, 6.07) is 6.42. The molecule has 1 amide bonds. The summed E-state index contributed by atoms with van der Waals surface area (Å²) in [5.41, 5.74) is 0.802. The number of amides is 1. The molecule has 6 heteroatoms. The Morgan fingerprint density at radius 3 is 2.79 bits per heavy atom. The molecule has 1 aromatic carbocycles. The number of nitrogens with zero attached hydrogens (tertiary/aromatic N) is 1. The number of hydrogen-bond donors (Lipinski definition) is 1. The second-order valence-corrected chi connectivity index (χ2v) is 8.35. The van der Waals surface area contributed by atoms with E-state index in [1.807, 2.05) is 26.8 Å². The summed E-state index contributed by atoms with van der Waals surface area (Å²) in [6.07, 6.45) is 1.75. The van der Waals surface area contributed by atoms with Crippen molar-refractivity contribution in [1.82, 2.24) is 10.2 Å². The first-order valence-corrected chi connectivity index (χ1v) is 9.39. The van der Waals surface area contributed by atoms with Gasteiger partial charge in [0.15, 0.2) is 0 Å².